The van der Waals surface area contributed by atoms with Gasteiger partial charge in [0.15, 0.2) is 0 Å². The molecule has 1 aliphatic rings. The zero-order chi connectivity index (χ0) is 17.8. The third-order valence-corrected chi connectivity index (χ3v) is 4.27. The highest BCUT2D eigenvalue weighted by molar-refractivity contribution is 5.75. The standard InChI is InChI=1S/C18H23N3O4/c1-4-24-15-9-5-13(6-10-15)17-19-16(25-20-17)11-21(14-7-8-14)12(2)18(22)23-3/h5-6,9-10,12,14H,4,7-8,11H2,1-3H3. The molecule has 0 saturated heterocycles. The van der Waals surface area contributed by atoms with Crippen molar-refractivity contribution in [3.05, 3.63) is 30.2 Å². The highest BCUT2D eigenvalue weighted by Gasteiger charge is 2.36. The van der Waals surface area contributed by atoms with E-state index >= 15 is 0 Å². The van der Waals surface area contributed by atoms with Gasteiger partial charge >= 0.3 is 5.97 Å². The van der Waals surface area contributed by atoms with Gasteiger partial charge in [0.05, 0.1) is 20.3 Å². The summed E-state index contributed by atoms with van der Waals surface area (Å²) in [4.78, 5) is 18.4. The van der Waals surface area contributed by atoms with Gasteiger partial charge < -0.3 is 14.0 Å². The van der Waals surface area contributed by atoms with Crippen molar-refractivity contribution in [3.8, 4) is 17.1 Å². The van der Waals surface area contributed by atoms with E-state index in [2.05, 4.69) is 15.0 Å². The van der Waals surface area contributed by atoms with Crippen LogP contribution in [0.1, 0.15) is 32.6 Å². The van der Waals surface area contributed by atoms with Crippen LogP contribution >= 0.6 is 0 Å². The maximum Gasteiger partial charge on any atom is 0.322 e. The van der Waals surface area contributed by atoms with Crippen LogP contribution < -0.4 is 4.74 Å². The lowest BCUT2D eigenvalue weighted by Gasteiger charge is -2.25. The molecule has 25 heavy (non-hydrogen) atoms. The molecule has 3 rings (SSSR count). The zero-order valence-corrected chi connectivity index (χ0v) is 14.8. The lowest BCUT2D eigenvalue weighted by molar-refractivity contribution is -0.147. The number of benzene rings is 1. The van der Waals surface area contributed by atoms with Crippen LogP contribution in [0.3, 0.4) is 0 Å². The molecule has 0 radical (unpaired) electrons. The average Bonchev–Trinajstić information content (AvgIpc) is 3.37. The molecule has 7 nitrogen and oxygen atoms in total. The van der Waals surface area contributed by atoms with E-state index in [1.165, 1.54) is 7.11 Å². The molecular formula is C18H23N3O4. The number of carbonyl (C=O) groups excluding carboxylic acids is 1. The van der Waals surface area contributed by atoms with E-state index in [0.29, 0.717) is 30.9 Å². The van der Waals surface area contributed by atoms with E-state index in [9.17, 15) is 4.79 Å². The quantitative estimate of drug-likeness (QED) is 0.681. The fraction of sp³-hybridized carbons (Fsp3) is 0.500. The Kier molecular flexibility index (Phi) is 5.33. The molecule has 0 bridgehead atoms. The van der Waals surface area contributed by atoms with Crippen molar-refractivity contribution in [2.24, 2.45) is 0 Å². The number of ether oxygens (including phenoxy) is 2. The van der Waals surface area contributed by atoms with Gasteiger partial charge in [-0.05, 0) is 51.0 Å². The molecule has 1 aliphatic carbocycles. The van der Waals surface area contributed by atoms with Crippen LogP contribution in [0.2, 0.25) is 0 Å². The van der Waals surface area contributed by atoms with Crippen LogP contribution in [0, 0.1) is 0 Å². The summed E-state index contributed by atoms with van der Waals surface area (Å²) in [6.07, 6.45) is 2.14. The van der Waals surface area contributed by atoms with Gasteiger partial charge in [0.2, 0.25) is 11.7 Å². The minimum atomic E-state index is -0.335. The number of methoxy groups -OCH3 is 1. The molecule has 1 unspecified atom stereocenters. The van der Waals surface area contributed by atoms with E-state index in [1.54, 1.807) is 0 Å². The summed E-state index contributed by atoms with van der Waals surface area (Å²) in [5.41, 5.74) is 0.859. The number of hydrogen-bond acceptors (Lipinski definition) is 7. The number of nitrogens with zero attached hydrogens (tertiary/aromatic N) is 3. The number of aromatic nitrogens is 2. The third-order valence-electron chi connectivity index (χ3n) is 4.27. The Morgan fingerprint density at radius 3 is 2.68 bits per heavy atom. The fourth-order valence-electron chi connectivity index (χ4n) is 2.75. The van der Waals surface area contributed by atoms with Crippen LogP contribution in [0.5, 0.6) is 5.75 Å². The van der Waals surface area contributed by atoms with E-state index in [4.69, 9.17) is 14.0 Å². The topological polar surface area (TPSA) is 77.7 Å². The summed E-state index contributed by atoms with van der Waals surface area (Å²) in [7, 11) is 1.40. The Morgan fingerprint density at radius 2 is 2.08 bits per heavy atom. The largest absolute Gasteiger partial charge is 0.494 e. The van der Waals surface area contributed by atoms with Gasteiger partial charge in [0.25, 0.3) is 0 Å². The van der Waals surface area contributed by atoms with Crippen molar-refractivity contribution in [3.63, 3.8) is 0 Å². The zero-order valence-electron chi connectivity index (χ0n) is 14.8. The first kappa shape index (κ1) is 17.4. The molecule has 1 aromatic heterocycles. The molecule has 7 heteroatoms. The van der Waals surface area contributed by atoms with Crippen molar-refractivity contribution in [1.82, 2.24) is 15.0 Å². The smallest absolute Gasteiger partial charge is 0.322 e. The minimum Gasteiger partial charge on any atom is -0.494 e. The van der Waals surface area contributed by atoms with E-state index in [0.717, 1.165) is 24.2 Å². The summed E-state index contributed by atoms with van der Waals surface area (Å²) in [5, 5.41) is 4.05. The molecule has 0 spiro atoms. The van der Waals surface area contributed by atoms with Gasteiger partial charge in [0.1, 0.15) is 11.8 Å². The summed E-state index contributed by atoms with van der Waals surface area (Å²) < 4.78 is 15.7. The summed E-state index contributed by atoms with van der Waals surface area (Å²) in [6.45, 7) is 4.85. The summed E-state index contributed by atoms with van der Waals surface area (Å²) in [5.74, 6) is 1.57. The maximum absolute atomic E-state index is 11.8. The lowest BCUT2D eigenvalue weighted by Crippen LogP contribution is -2.40. The highest BCUT2D eigenvalue weighted by atomic mass is 16.5. The van der Waals surface area contributed by atoms with Crippen LogP contribution in [0.15, 0.2) is 28.8 Å². The Morgan fingerprint density at radius 1 is 1.36 bits per heavy atom. The second-order valence-electron chi connectivity index (χ2n) is 6.07. The Bertz CT molecular complexity index is 709. The molecule has 1 aromatic carbocycles. The maximum atomic E-state index is 11.8. The Labute approximate surface area is 146 Å². The monoisotopic (exact) mass is 345 g/mol. The predicted molar refractivity (Wildman–Crippen MR) is 90.9 cm³/mol. The van der Waals surface area contributed by atoms with E-state index < -0.39 is 0 Å². The first-order valence-electron chi connectivity index (χ1n) is 8.51. The molecule has 2 aromatic rings. The lowest BCUT2D eigenvalue weighted by atomic mass is 10.2. The highest BCUT2D eigenvalue weighted by Crippen LogP contribution is 2.30. The minimum absolute atomic E-state index is 0.252. The number of rotatable bonds is 8. The second-order valence-corrected chi connectivity index (χ2v) is 6.07. The molecule has 1 fully saturated rings. The number of carbonyl (C=O) groups is 1. The van der Waals surface area contributed by atoms with Crippen molar-refractivity contribution in [2.45, 2.75) is 45.3 Å². The average molecular weight is 345 g/mol. The van der Waals surface area contributed by atoms with Gasteiger partial charge in [-0.3, -0.25) is 9.69 Å². The van der Waals surface area contributed by atoms with E-state index in [-0.39, 0.29) is 12.0 Å². The van der Waals surface area contributed by atoms with Gasteiger partial charge in [-0.15, -0.1) is 0 Å². The first-order chi connectivity index (χ1) is 12.1. The van der Waals surface area contributed by atoms with Crippen LogP contribution in [0.25, 0.3) is 11.4 Å². The Balaban J connectivity index is 1.70. The van der Waals surface area contributed by atoms with Crippen molar-refractivity contribution >= 4 is 5.97 Å². The molecule has 1 heterocycles. The molecule has 134 valence electrons. The summed E-state index contributed by atoms with van der Waals surface area (Å²) >= 11 is 0. The molecule has 0 N–H and O–H groups in total. The van der Waals surface area contributed by atoms with Crippen LogP contribution in [0.4, 0.5) is 0 Å². The van der Waals surface area contributed by atoms with Crippen LogP contribution in [-0.2, 0) is 16.1 Å². The van der Waals surface area contributed by atoms with Gasteiger partial charge in [-0.1, -0.05) is 5.16 Å². The molecule has 1 saturated carbocycles. The molecular weight excluding hydrogens is 322 g/mol. The number of esters is 1. The van der Waals surface area contributed by atoms with Crippen LogP contribution in [-0.4, -0.2) is 46.8 Å². The molecule has 1 atom stereocenters. The van der Waals surface area contributed by atoms with Gasteiger partial charge in [-0.2, -0.15) is 4.98 Å². The fourth-order valence-corrected chi connectivity index (χ4v) is 2.75. The van der Waals surface area contributed by atoms with Crippen molar-refractivity contribution in [1.29, 1.82) is 0 Å². The van der Waals surface area contributed by atoms with Gasteiger partial charge in [0, 0.05) is 11.6 Å². The second kappa shape index (κ2) is 7.65. The Hall–Kier alpha value is -2.41. The first-order valence-corrected chi connectivity index (χ1v) is 8.51. The SMILES string of the molecule is CCOc1ccc(-c2noc(CN(C3CC3)C(C)C(=O)OC)n2)cc1. The normalized spacial score (nSPS) is 15.2. The summed E-state index contributed by atoms with van der Waals surface area (Å²) in [6, 6.07) is 7.59. The van der Waals surface area contributed by atoms with E-state index in [1.807, 2.05) is 38.1 Å². The molecule has 0 amide bonds. The molecule has 0 aliphatic heterocycles. The van der Waals surface area contributed by atoms with Crippen molar-refractivity contribution in [2.75, 3.05) is 13.7 Å². The third kappa shape index (κ3) is 4.17. The number of hydrogen-bond donors (Lipinski definition) is 0. The van der Waals surface area contributed by atoms with Crippen molar-refractivity contribution < 1.29 is 18.8 Å². The predicted octanol–water partition coefficient (Wildman–Crippen LogP) is 2.66. The van der Waals surface area contributed by atoms with Gasteiger partial charge in [-0.25, -0.2) is 0 Å².